The fraction of sp³-hybridized carbons (Fsp3) is 0.538. The molecule has 1 aromatic rings. The number of rotatable bonds is 1. The van der Waals surface area contributed by atoms with E-state index in [1.807, 2.05) is 12.1 Å². The van der Waals surface area contributed by atoms with Gasteiger partial charge in [-0.15, -0.1) is 0 Å². The molecule has 2 heteroatoms. The molecule has 82 valence electrons. The van der Waals surface area contributed by atoms with Crippen molar-refractivity contribution in [3.05, 3.63) is 24.3 Å². The minimum absolute atomic E-state index is 0.343. The van der Waals surface area contributed by atoms with Gasteiger partial charge in [-0.3, -0.25) is 0 Å². The van der Waals surface area contributed by atoms with Crippen LogP contribution in [0.4, 0.5) is 5.69 Å². The molecule has 0 atom stereocenters. The number of phenols is 1. The van der Waals surface area contributed by atoms with Crippen LogP contribution in [0.15, 0.2) is 24.3 Å². The van der Waals surface area contributed by atoms with Gasteiger partial charge in [0.05, 0.1) is 0 Å². The van der Waals surface area contributed by atoms with E-state index in [2.05, 4.69) is 18.7 Å². The fourth-order valence-corrected chi connectivity index (χ4v) is 2.31. The van der Waals surface area contributed by atoms with E-state index in [4.69, 9.17) is 0 Å². The smallest absolute Gasteiger partial charge is 0.115 e. The first-order valence-corrected chi connectivity index (χ1v) is 5.61. The lowest BCUT2D eigenvalue weighted by atomic mass is 9.84. The lowest BCUT2D eigenvalue weighted by molar-refractivity contribution is 0.293. The van der Waals surface area contributed by atoms with Crippen LogP contribution in [0, 0.1) is 5.41 Å². The Morgan fingerprint density at radius 1 is 1.20 bits per heavy atom. The largest absolute Gasteiger partial charge is 0.508 e. The Hall–Kier alpha value is -1.18. The highest BCUT2D eigenvalue weighted by Gasteiger charge is 2.26. The first kappa shape index (κ1) is 10.3. The molecule has 0 spiro atoms. The molecule has 1 aliphatic heterocycles. The van der Waals surface area contributed by atoms with E-state index in [0.29, 0.717) is 11.2 Å². The normalized spacial score (nSPS) is 20.3. The van der Waals surface area contributed by atoms with Crippen molar-refractivity contribution < 1.29 is 5.11 Å². The van der Waals surface area contributed by atoms with Gasteiger partial charge in [-0.25, -0.2) is 0 Å². The zero-order valence-electron chi connectivity index (χ0n) is 9.53. The monoisotopic (exact) mass is 205 g/mol. The summed E-state index contributed by atoms with van der Waals surface area (Å²) in [7, 11) is 0. The second-order valence-corrected chi connectivity index (χ2v) is 5.21. The highest BCUT2D eigenvalue weighted by molar-refractivity contribution is 5.49. The van der Waals surface area contributed by atoms with Crippen molar-refractivity contribution in [2.45, 2.75) is 26.7 Å². The van der Waals surface area contributed by atoms with Gasteiger partial charge in [0.2, 0.25) is 0 Å². The Kier molecular flexibility index (Phi) is 2.59. The molecule has 1 N–H and O–H groups in total. The second kappa shape index (κ2) is 3.76. The van der Waals surface area contributed by atoms with Crippen LogP contribution < -0.4 is 4.90 Å². The van der Waals surface area contributed by atoms with E-state index >= 15 is 0 Å². The molecule has 0 aromatic heterocycles. The van der Waals surface area contributed by atoms with E-state index in [1.165, 1.54) is 18.5 Å². The van der Waals surface area contributed by atoms with Crippen LogP contribution in [0.5, 0.6) is 5.75 Å². The number of nitrogens with zero attached hydrogens (tertiary/aromatic N) is 1. The maximum Gasteiger partial charge on any atom is 0.115 e. The molecule has 1 aliphatic rings. The molecule has 0 radical (unpaired) electrons. The molecule has 1 fully saturated rings. The topological polar surface area (TPSA) is 23.5 Å². The maximum atomic E-state index is 9.24. The van der Waals surface area contributed by atoms with Gasteiger partial charge in [-0.1, -0.05) is 13.8 Å². The molecule has 1 aromatic carbocycles. The highest BCUT2D eigenvalue weighted by atomic mass is 16.3. The van der Waals surface area contributed by atoms with Crippen LogP contribution in [0.3, 0.4) is 0 Å². The third-order valence-electron chi connectivity index (χ3n) is 3.12. The summed E-state index contributed by atoms with van der Waals surface area (Å²) < 4.78 is 0. The quantitative estimate of drug-likeness (QED) is 0.761. The molecule has 15 heavy (non-hydrogen) atoms. The van der Waals surface area contributed by atoms with Gasteiger partial charge in [0.25, 0.3) is 0 Å². The van der Waals surface area contributed by atoms with E-state index in [-0.39, 0.29) is 0 Å². The number of phenolic OH excluding ortho intramolecular Hbond substituents is 1. The highest BCUT2D eigenvalue weighted by Crippen LogP contribution is 2.31. The van der Waals surface area contributed by atoms with Gasteiger partial charge in [-0.05, 0) is 42.5 Å². The first-order valence-electron chi connectivity index (χ1n) is 5.61. The van der Waals surface area contributed by atoms with Gasteiger partial charge in [0.15, 0.2) is 0 Å². The third-order valence-corrected chi connectivity index (χ3v) is 3.12. The fourth-order valence-electron chi connectivity index (χ4n) is 2.31. The Morgan fingerprint density at radius 3 is 2.47 bits per heavy atom. The van der Waals surface area contributed by atoms with Crippen LogP contribution >= 0.6 is 0 Å². The lowest BCUT2D eigenvalue weighted by Gasteiger charge is -2.39. The van der Waals surface area contributed by atoms with E-state index < -0.39 is 0 Å². The number of hydrogen-bond donors (Lipinski definition) is 1. The number of aromatic hydroxyl groups is 1. The van der Waals surface area contributed by atoms with Crippen molar-refractivity contribution in [3.63, 3.8) is 0 Å². The minimum atomic E-state index is 0.343. The van der Waals surface area contributed by atoms with Crippen molar-refractivity contribution in [2.24, 2.45) is 5.41 Å². The summed E-state index contributed by atoms with van der Waals surface area (Å²) >= 11 is 0. The average molecular weight is 205 g/mol. The van der Waals surface area contributed by atoms with Gasteiger partial charge in [0.1, 0.15) is 5.75 Å². The predicted octanol–water partition coefficient (Wildman–Crippen LogP) is 3.02. The van der Waals surface area contributed by atoms with E-state index in [9.17, 15) is 5.11 Å². The van der Waals surface area contributed by atoms with Crippen molar-refractivity contribution in [2.75, 3.05) is 18.0 Å². The van der Waals surface area contributed by atoms with Gasteiger partial charge < -0.3 is 10.0 Å². The Bertz CT molecular complexity index is 329. The molecule has 0 bridgehead atoms. The summed E-state index contributed by atoms with van der Waals surface area (Å²) in [6, 6.07) is 7.52. The van der Waals surface area contributed by atoms with E-state index in [1.54, 1.807) is 12.1 Å². The third kappa shape index (κ3) is 2.44. The number of piperidine rings is 1. The Labute approximate surface area is 91.5 Å². The molecule has 0 amide bonds. The maximum absolute atomic E-state index is 9.24. The van der Waals surface area contributed by atoms with Gasteiger partial charge in [-0.2, -0.15) is 0 Å². The molecular weight excluding hydrogens is 186 g/mol. The zero-order chi connectivity index (χ0) is 10.9. The molecule has 0 unspecified atom stereocenters. The summed E-state index contributed by atoms with van der Waals surface area (Å²) in [6.07, 6.45) is 2.56. The van der Waals surface area contributed by atoms with Crippen LogP contribution in [-0.2, 0) is 0 Å². The molecule has 1 saturated heterocycles. The first-order chi connectivity index (χ1) is 7.07. The molecule has 2 rings (SSSR count). The van der Waals surface area contributed by atoms with Crippen LogP contribution in [0.2, 0.25) is 0 Å². The van der Waals surface area contributed by atoms with Gasteiger partial charge >= 0.3 is 0 Å². The molecular formula is C13H19NO. The lowest BCUT2D eigenvalue weighted by Crippen LogP contribution is -2.40. The van der Waals surface area contributed by atoms with Crippen molar-refractivity contribution in [1.29, 1.82) is 0 Å². The number of anilines is 1. The number of benzene rings is 1. The number of hydrogen-bond acceptors (Lipinski definition) is 2. The minimum Gasteiger partial charge on any atom is -0.508 e. The standard InChI is InChI=1S/C13H19NO/c1-13(2)8-3-9-14(10-13)11-4-6-12(15)7-5-11/h4-7,15H,3,8-10H2,1-2H3. The summed E-state index contributed by atoms with van der Waals surface area (Å²) in [5, 5.41) is 9.24. The predicted molar refractivity (Wildman–Crippen MR) is 63.3 cm³/mol. The molecule has 0 saturated carbocycles. The molecule has 1 heterocycles. The van der Waals surface area contributed by atoms with Crippen molar-refractivity contribution in [1.82, 2.24) is 0 Å². The second-order valence-electron chi connectivity index (χ2n) is 5.21. The summed E-state index contributed by atoms with van der Waals surface area (Å²) in [5.74, 6) is 0.343. The summed E-state index contributed by atoms with van der Waals surface area (Å²) in [5.41, 5.74) is 1.64. The average Bonchev–Trinajstić information content (AvgIpc) is 2.17. The molecule has 0 aliphatic carbocycles. The van der Waals surface area contributed by atoms with Crippen molar-refractivity contribution >= 4 is 5.69 Å². The van der Waals surface area contributed by atoms with Crippen molar-refractivity contribution in [3.8, 4) is 5.75 Å². The summed E-state index contributed by atoms with van der Waals surface area (Å²) in [4.78, 5) is 2.41. The van der Waals surface area contributed by atoms with E-state index in [0.717, 1.165) is 13.1 Å². The van der Waals surface area contributed by atoms with Crippen LogP contribution in [0.25, 0.3) is 0 Å². The van der Waals surface area contributed by atoms with Gasteiger partial charge in [0, 0.05) is 18.8 Å². The van der Waals surface area contributed by atoms with Crippen LogP contribution in [-0.4, -0.2) is 18.2 Å². The van der Waals surface area contributed by atoms with Crippen LogP contribution in [0.1, 0.15) is 26.7 Å². The molecule has 2 nitrogen and oxygen atoms in total. The Balaban J connectivity index is 2.13. The Morgan fingerprint density at radius 2 is 1.87 bits per heavy atom. The zero-order valence-corrected chi connectivity index (χ0v) is 9.53. The SMILES string of the molecule is CC1(C)CCCN(c2ccc(O)cc2)C1. The summed E-state index contributed by atoms with van der Waals surface area (Å²) in [6.45, 7) is 6.88.